The number of aliphatic carboxylic acids is 1. The summed E-state index contributed by atoms with van der Waals surface area (Å²) in [7, 11) is 3.31. The van der Waals surface area contributed by atoms with Crippen molar-refractivity contribution in [2.24, 2.45) is 0 Å². The molecule has 1 aromatic carbocycles. The molecule has 1 unspecified atom stereocenters. The van der Waals surface area contributed by atoms with Crippen molar-refractivity contribution in [1.82, 2.24) is 10.2 Å². The van der Waals surface area contributed by atoms with E-state index in [1.54, 1.807) is 13.0 Å². The van der Waals surface area contributed by atoms with Gasteiger partial charge < -0.3 is 20.6 Å². The maximum absolute atomic E-state index is 12.1. The fourth-order valence-corrected chi connectivity index (χ4v) is 1.95. The third-order valence-corrected chi connectivity index (χ3v) is 3.09. The summed E-state index contributed by atoms with van der Waals surface area (Å²) in [5.74, 6) is -1.01. The number of para-hydroxylation sites is 1. The van der Waals surface area contributed by atoms with E-state index >= 15 is 0 Å². The summed E-state index contributed by atoms with van der Waals surface area (Å²) >= 11 is 0. The number of nitrogens with one attached hydrogen (secondary N) is 2. The second-order valence-electron chi connectivity index (χ2n) is 4.49. The Bertz CT molecular complexity index is 476. The standard InChI is InChI=1S/C14H21N3O3/c1-4-12(13(18)19)17(3)14(20)16-11-8-6-5-7-10(11)9-15-2/h5-8,12,15H,4,9H2,1-3H3,(H,16,20)(H,18,19). The quantitative estimate of drug-likeness (QED) is 0.740. The number of carboxylic acid groups (broad SMARTS) is 1. The van der Waals surface area contributed by atoms with Crippen LogP contribution in [0.3, 0.4) is 0 Å². The summed E-state index contributed by atoms with van der Waals surface area (Å²) in [6.45, 7) is 2.35. The Balaban J connectivity index is 2.82. The zero-order valence-corrected chi connectivity index (χ0v) is 12.0. The number of carboxylic acids is 1. The van der Waals surface area contributed by atoms with Crippen LogP contribution in [0.15, 0.2) is 24.3 Å². The van der Waals surface area contributed by atoms with Gasteiger partial charge in [-0.05, 0) is 25.1 Å². The molecule has 0 spiro atoms. The number of urea groups is 1. The van der Waals surface area contributed by atoms with Crippen molar-refractivity contribution in [3.05, 3.63) is 29.8 Å². The molecule has 1 atom stereocenters. The first-order valence-corrected chi connectivity index (χ1v) is 6.50. The third kappa shape index (κ3) is 3.96. The van der Waals surface area contributed by atoms with E-state index in [2.05, 4.69) is 10.6 Å². The summed E-state index contributed by atoms with van der Waals surface area (Å²) in [5.41, 5.74) is 1.62. The van der Waals surface area contributed by atoms with Crippen LogP contribution in [-0.2, 0) is 11.3 Å². The van der Waals surface area contributed by atoms with Crippen LogP contribution in [0.1, 0.15) is 18.9 Å². The number of hydrogen-bond acceptors (Lipinski definition) is 3. The summed E-state index contributed by atoms with van der Waals surface area (Å²) in [6.07, 6.45) is 0.359. The molecule has 0 aliphatic rings. The van der Waals surface area contributed by atoms with Gasteiger partial charge in [0.1, 0.15) is 6.04 Å². The zero-order valence-electron chi connectivity index (χ0n) is 12.0. The molecule has 0 aliphatic carbocycles. The van der Waals surface area contributed by atoms with Crippen LogP contribution in [0.4, 0.5) is 10.5 Å². The minimum absolute atomic E-state index is 0.359. The monoisotopic (exact) mass is 279 g/mol. The van der Waals surface area contributed by atoms with Gasteiger partial charge in [0.25, 0.3) is 0 Å². The van der Waals surface area contributed by atoms with Gasteiger partial charge in [0, 0.05) is 19.3 Å². The van der Waals surface area contributed by atoms with Gasteiger partial charge in [-0.25, -0.2) is 9.59 Å². The predicted molar refractivity (Wildman–Crippen MR) is 77.7 cm³/mol. The third-order valence-electron chi connectivity index (χ3n) is 3.09. The molecule has 1 aromatic rings. The lowest BCUT2D eigenvalue weighted by atomic mass is 10.1. The molecule has 6 heteroatoms. The summed E-state index contributed by atoms with van der Waals surface area (Å²) < 4.78 is 0. The van der Waals surface area contributed by atoms with Crippen molar-refractivity contribution in [3.8, 4) is 0 Å². The number of nitrogens with zero attached hydrogens (tertiary/aromatic N) is 1. The van der Waals surface area contributed by atoms with Crippen molar-refractivity contribution < 1.29 is 14.7 Å². The van der Waals surface area contributed by atoms with Crippen LogP contribution < -0.4 is 10.6 Å². The van der Waals surface area contributed by atoms with Crippen LogP contribution in [0.2, 0.25) is 0 Å². The average Bonchev–Trinajstić information content (AvgIpc) is 2.41. The molecule has 20 heavy (non-hydrogen) atoms. The first-order chi connectivity index (χ1) is 9.51. The highest BCUT2D eigenvalue weighted by atomic mass is 16.4. The van der Waals surface area contributed by atoms with Gasteiger partial charge in [-0.3, -0.25) is 0 Å². The van der Waals surface area contributed by atoms with Gasteiger partial charge in [-0.2, -0.15) is 0 Å². The average molecular weight is 279 g/mol. The highest BCUT2D eigenvalue weighted by Gasteiger charge is 2.24. The van der Waals surface area contributed by atoms with Crippen LogP contribution in [0.5, 0.6) is 0 Å². The molecule has 0 bridgehead atoms. The molecule has 110 valence electrons. The molecule has 6 nitrogen and oxygen atoms in total. The number of anilines is 1. The van der Waals surface area contributed by atoms with E-state index in [1.807, 2.05) is 25.2 Å². The lowest BCUT2D eigenvalue weighted by Gasteiger charge is -2.24. The van der Waals surface area contributed by atoms with E-state index in [-0.39, 0.29) is 0 Å². The molecule has 2 amide bonds. The minimum atomic E-state index is -1.01. The van der Waals surface area contributed by atoms with Crippen LogP contribution in [-0.4, -0.2) is 42.1 Å². The van der Waals surface area contributed by atoms with Crippen molar-refractivity contribution in [3.63, 3.8) is 0 Å². The highest BCUT2D eigenvalue weighted by molar-refractivity contribution is 5.92. The summed E-state index contributed by atoms with van der Waals surface area (Å²) in [4.78, 5) is 24.4. The largest absolute Gasteiger partial charge is 0.480 e. The van der Waals surface area contributed by atoms with Gasteiger partial charge in [0.15, 0.2) is 0 Å². The topological polar surface area (TPSA) is 81.7 Å². The lowest BCUT2D eigenvalue weighted by molar-refractivity contribution is -0.141. The summed E-state index contributed by atoms with van der Waals surface area (Å²) in [6, 6.07) is 6.15. The number of carbonyl (C=O) groups is 2. The number of hydrogen-bond donors (Lipinski definition) is 3. The maximum atomic E-state index is 12.1. The van der Waals surface area contributed by atoms with Crippen molar-refractivity contribution in [2.45, 2.75) is 25.9 Å². The molecule has 0 saturated carbocycles. The maximum Gasteiger partial charge on any atom is 0.326 e. The molecule has 0 saturated heterocycles. The van der Waals surface area contributed by atoms with Crippen molar-refractivity contribution in [2.75, 3.05) is 19.4 Å². The Morgan fingerprint density at radius 1 is 1.35 bits per heavy atom. The van der Waals surface area contributed by atoms with E-state index in [1.165, 1.54) is 11.9 Å². The van der Waals surface area contributed by atoms with Crippen molar-refractivity contribution in [1.29, 1.82) is 0 Å². The van der Waals surface area contributed by atoms with Crippen LogP contribution >= 0.6 is 0 Å². The van der Waals surface area contributed by atoms with Gasteiger partial charge in [-0.1, -0.05) is 25.1 Å². The zero-order chi connectivity index (χ0) is 15.1. The van der Waals surface area contributed by atoms with Crippen LogP contribution in [0, 0.1) is 0 Å². The van der Waals surface area contributed by atoms with E-state index in [4.69, 9.17) is 5.11 Å². The molecular formula is C14H21N3O3. The Hall–Kier alpha value is -2.08. The predicted octanol–water partition coefficient (Wildman–Crippen LogP) is 1.73. The van der Waals surface area contributed by atoms with Gasteiger partial charge in [-0.15, -0.1) is 0 Å². The molecule has 3 N–H and O–H groups in total. The molecule has 0 fully saturated rings. The molecule has 0 radical (unpaired) electrons. The van der Waals surface area contributed by atoms with E-state index < -0.39 is 18.0 Å². The Morgan fingerprint density at radius 3 is 2.55 bits per heavy atom. The lowest BCUT2D eigenvalue weighted by Crippen LogP contribution is -2.44. The van der Waals surface area contributed by atoms with E-state index in [9.17, 15) is 9.59 Å². The van der Waals surface area contributed by atoms with E-state index in [0.717, 1.165) is 5.56 Å². The number of carbonyl (C=O) groups excluding carboxylic acids is 1. The Labute approximate surface area is 118 Å². The van der Waals surface area contributed by atoms with Crippen LogP contribution in [0.25, 0.3) is 0 Å². The van der Waals surface area contributed by atoms with Gasteiger partial charge >= 0.3 is 12.0 Å². The summed E-state index contributed by atoms with van der Waals surface area (Å²) in [5, 5.41) is 14.8. The molecule has 0 aliphatic heterocycles. The van der Waals surface area contributed by atoms with Gasteiger partial charge in [0.05, 0.1) is 0 Å². The normalized spacial score (nSPS) is 11.8. The number of benzene rings is 1. The van der Waals surface area contributed by atoms with E-state index in [0.29, 0.717) is 18.7 Å². The smallest absolute Gasteiger partial charge is 0.326 e. The first-order valence-electron chi connectivity index (χ1n) is 6.50. The van der Waals surface area contributed by atoms with Gasteiger partial charge in [0.2, 0.25) is 0 Å². The number of likely N-dealkylation sites (N-methyl/N-ethyl adjacent to an activating group) is 1. The minimum Gasteiger partial charge on any atom is -0.480 e. The SMILES string of the molecule is CCC(C(=O)O)N(C)C(=O)Nc1ccccc1CNC. The fourth-order valence-electron chi connectivity index (χ4n) is 1.95. The molecule has 0 heterocycles. The fraction of sp³-hybridized carbons (Fsp3) is 0.429. The number of rotatable bonds is 6. The Morgan fingerprint density at radius 2 is 2.00 bits per heavy atom. The highest BCUT2D eigenvalue weighted by Crippen LogP contribution is 2.16. The molecule has 0 aromatic heterocycles. The number of amides is 2. The Kier molecular flexibility index (Phi) is 5.99. The second kappa shape index (κ2) is 7.49. The first kappa shape index (κ1) is 16.0. The molecular weight excluding hydrogens is 258 g/mol. The second-order valence-corrected chi connectivity index (χ2v) is 4.49. The van der Waals surface area contributed by atoms with Crippen molar-refractivity contribution >= 4 is 17.7 Å². The molecule has 1 rings (SSSR count).